The lowest BCUT2D eigenvalue weighted by Crippen LogP contribution is -2.32. The van der Waals surface area contributed by atoms with Crippen LogP contribution >= 0.6 is 0 Å². The van der Waals surface area contributed by atoms with Crippen molar-refractivity contribution in [2.45, 2.75) is 39.0 Å². The Morgan fingerprint density at radius 2 is 1.75 bits per heavy atom. The molecular weight excluding hydrogens is 456 g/mol. The lowest BCUT2D eigenvalue weighted by Gasteiger charge is -2.16. The van der Waals surface area contributed by atoms with Crippen molar-refractivity contribution in [3.63, 3.8) is 0 Å². The summed E-state index contributed by atoms with van der Waals surface area (Å²) in [7, 11) is 0. The quantitative estimate of drug-likeness (QED) is 0.111. The van der Waals surface area contributed by atoms with Crippen LogP contribution in [-0.2, 0) is 14.4 Å². The van der Waals surface area contributed by atoms with Gasteiger partial charge in [-0.2, -0.15) is 0 Å². The molecule has 8 heteroatoms. The van der Waals surface area contributed by atoms with E-state index < -0.39 is 5.91 Å². The number of unbranched alkanes of at least 4 members (excludes halogenated alkanes) is 3. The first-order valence-electron chi connectivity index (χ1n) is 12.1. The molecule has 0 atom stereocenters. The zero-order valence-corrected chi connectivity index (χ0v) is 20.2. The predicted octanol–water partition coefficient (Wildman–Crippen LogP) is 4.43. The number of aromatic nitrogens is 1. The third-order valence-electron chi connectivity index (χ3n) is 6.50. The number of carbonyl (C=O) groups excluding carboxylic acids is 3. The average Bonchev–Trinajstić information content (AvgIpc) is 3.41. The summed E-state index contributed by atoms with van der Waals surface area (Å²) in [5.41, 5.74) is 12.0. The maximum atomic E-state index is 13.8. The molecule has 3 aromatic rings. The number of allylic oxidation sites excluding steroid dienone is 1. The minimum Gasteiger partial charge on any atom is -0.398 e. The molecule has 1 aliphatic heterocycles. The molecule has 36 heavy (non-hydrogen) atoms. The standard InChI is InChI=1S/C28H30N4O4/c1-2-18(19-11-6-8-13-22(19)29)25-26(21-17-30-23-14-9-7-12-20(21)23)28(35)32(27(25)34)16-10-4-3-5-15-24(33)31-36/h2,6-9,11-14,17,30,36H,3-5,10,15-16,29H2,1H3,(H,31,33)/b18-2+. The van der Waals surface area contributed by atoms with Crippen LogP contribution in [0.5, 0.6) is 0 Å². The molecule has 2 heterocycles. The molecule has 3 amide bonds. The molecule has 0 unspecified atom stereocenters. The van der Waals surface area contributed by atoms with Crippen molar-refractivity contribution in [3.05, 3.63) is 77.5 Å². The number of nitrogens with zero attached hydrogens (tertiary/aromatic N) is 1. The van der Waals surface area contributed by atoms with Crippen LogP contribution in [0.4, 0.5) is 5.69 Å². The number of para-hydroxylation sites is 2. The van der Waals surface area contributed by atoms with Crippen LogP contribution in [0.3, 0.4) is 0 Å². The van der Waals surface area contributed by atoms with E-state index in [-0.39, 0.29) is 24.8 Å². The Bertz CT molecular complexity index is 1370. The normalized spacial score (nSPS) is 14.3. The maximum Gasteiger partial charge on any atom is 0.262 e. The van der Waals surface area contributed by atoms with E-state index in [1.807, 2.05) is 55.5 Å². The van der Waals surface area contributed by atoms with E-state index in [0.717, 1.165) is 23.7 Å². The number of nitrogens with two attached hydrogens (primary N) is 1. The van der Waals surface area contributed by atoms with Crippen LogP contribution in [-0.4, -0.2) is 39.4 Å². The first kappa shape index (κ1) is 24.9. The maximum absolute atomic E-state index is 13.8. The van der Waals surface area contributed by atoms with Gasteiger partial charge in [-0.05, 0) is 37.5 Å². The summed E-state index contributed by atoms with van der Waals surface area (Å²) in [4.78, 5) is 43.2. The first-order chi connectivity index (χ1) is 17.5. The van der Waals surface area contributed by atoms with Gasteiger partial charge in [0, 0.05) is 46.9 Å². The van der Waals surface area contributed by atoms with Crippen molar-refractivity contribution in [1.29, 1.82) is 0 Å². The highest BCUT2D eigenvalue weighted by Crippen LogP contribution is 2.41. The number of hydrogen-bond donors (Lipinski definition) is 4. The second-order valence-electron chi connectivity index (χ2n) is 8.75. The van der Waals surface area contributed by atoms with Crippen LogP contribution in [0.2, 0.25) is 0 Å². The molecule has 4 rings (SSSR count). The number of benzene rings is 2. The Labute approximate surface area is 209 Å². The van der Waals surface area contributed by atoms with E-state index in [1.54, 1.807) is 17.7 Å². The highest BCUT2D eigenvalue weighted by Gasteiger charge is 2.41. The smallest absolute Gasteiger partial charge is 0.262 e. The number of imide groups is 1. The Kier molecular flexibility index (Phi) is 7.65. The van der Waals surface area contributed by atoms with Crippen molar-refractivity contribution >= 4 is 45.5 Å². The Morgan fingerprint density at radius 1 is 1.03 bits per heavy atom. The van der Waals surface area contributed by atoms with Gasteiger partial charge in [-0.25, -0.2) is 5.48 Å². The SMILES string of the molecule is C/C=C(/C1=C(c2c[nH]c3ccccc23)C(=O)N(CCCCCCC(=O)NO)C1=O)c1ccccc1N. The number of amides is 3. The van der Waals surface area contributed by atoms with Gasteiger partial charge in [0.05, 0.1) is 11.1 Å². The molecule has 0 fully saturated rings. The van der Waals surface area contributed by atoms with Crippen LogP contribution < -0.4 is 11.2 Å². The zero-order valence-electron chi connectivity index (χ0n) is 20.2. The number of anilines is 1. The molecule has 0 saturated carbocycles. The molecule has 186 valence electrons. The summed E-state index contributed by atoms with van der Waals surface area (Å²) >= 11 is 0. The van der Waals surface area contributed by atoms with Gasteiger partial charge in [0.15, 0.2) is 0 Å². The van der Waals surface area contributed by atoms with Gasteiger partial charge in [0.2, 0.25) is 5.91 Å². The second kappa shape index (κ2) is 11.0. The molecule has 0 bridgehead atoms. The van der Waals surface area contributed by atoms with Gasteiger partial charge in [-0.15, -0.1) is 0 Å². The summed E-state index contributed by atoms with van der Waals surface area (Å²) in [6.45, 7) is 2.12. The highest BCUT2D eigenvalue weighted by atomic mass is 16.5. The fourth-order valence-corrected chi connectivity index (χ4v) is 4.70. The monoisotopic (exact) mass is 486 g/mol. The molecular formula is C28H30N4O4. The number of carbonyl (C=O) groups is 3. The Hall–Kier alpha value is -4.17. The van der Waals surface area contributed by atoms with Gasteiger partial charge >= 0.3 is 0 Å². The summed E-state index contributed by atoms with van der Waals surface area (Å²) in [5, 5.41) is 9.46. The Balaban J connectivity index is 1.67. The van der Waals surface area contributed by atoms with Crippen molar-refractivity contribution in [2.75, 3.05) is 12.3 Å². The first-order valence-corrected chi connectivity index (χ1v) is 12.1. The van der Waals surface area contributed by atoms with Gasteiger partial charge in [0.25, 0.3) is 11.8 Å². The third-order valence-corrected chi connectivity index (χ3v) is 6.50. The van der Waals surface area contributed by atoms with E-state index in [9.17, 15) is 14.4 Å². The lowest BCUT2D eigenvalue weighted by molar-refractivity contribution is -0.136. The number of nitrogen functional groups attached to an aromatic ring is 1. The molecule has 0 spiro atoms. The summed E-state index contributed by atoms with van der Waals surface area (Å²) in [6, 6.07) is 15.0. The number of hydroxylamine groups is 1. The van der Waals surface area contributed by atoms with Gasteiger partial charge in [-0.1, -0.05) is 55.3 Å². The molecule has 1 aliphatic rings. The van der Waals surface area contributed by atoms with E-state index in [1.165, 1.54) is 4.90 Å². The Morgan fingerprint density at radius 3 is 2.50 bits per heavy atom. The lowest BCUT2D eigenvalue weighted by atomic mass is 9.90. The highest BCUT2D eigenvalue weighted by molar-refractivity contribution is 6.41. The molecule has 0 radical (unpaired) electrons. The van der Waals surface area contributed by atoms with Crippen LogP contribution in [0, 0.1) is 0 Å². The van der Waals surface area contributed by atoms with Gasteiger partial charge in [0.1, 0.15) is 0 Å². The largest absolute Gasteiger partial charge is 0.398 e. The molecule has 2 aromatic carbocycles. The van der Waals surface area contributed by atoms with E-state index >= 15 is 0 Å². The van der Waals surface area contributed by atoms with Crippen LogP contribution in [0.1, 0.15) is 50.2 Å². The summed E-state index contributed by atoms with van der Waals surface area (Å²) in [6.07, 6.45) is 6.58. The van der Waals surface area contributed by atoms with Gasteiger partial charge in [-0.3, -0.25) is 24.5 Å². The number of rotatable bonds is 10. The molecule has 0 aliphatic carbocycles. The fourth-order valence-electron chi connectivity index (χ4n) is 4.70. The molecule has 5 N–H and O–H groups in total. The topological polar surface area (TPSA) is 129 Å². The minimum atomic E-state index is -0.420. The van der Waals surface area contributed by atoms with Crippen molar-refractivity contribution in [3.8, 4) is 0 Å². The molecule has 1 aromatic heterocycles. The van der Waals surface area contributed by atoms with Gasteiger partial charge < -0.3 is 10.7 Å². The number of H-pyrrole nitrogens is 1. The molecule has 8 nitrogen and oxygen atoms in total. The van der Waals surface area contributed by atoms with E-state index in [4.69, 9.17) is 10.9 Å². The molecule has 0 saturated heterocycles. The fraction of sp³-hybridized carbons (Fsp3) is 0.250. The minimum absolute atomic E-state index is 0.234. The van der Waals surface area contributed by atoms with Crippen molar-refractivity contribution in [1.82, 2.24) is 15.4 Å². The van der Waals surface area contributed by atoms with E-state index in [0.29, 0.717) is 46.4 Å². The third kappa shape index (κ3) is 4.81. The number of hydrogen-bond acceptors (Lipinski definition) is 5. The average molecular weight is 487 g/mol. The number of aromatic amines is 1. The summed E-state index contributed by atoms with van der Waals surface area (Å²) in [5.74, 6) is -1.08. The zero-order chi connectivity index (χ0) is 25.7. The number of nitrogens with one attached hydrogen (secondary N) is 2. The van der Waals surface area contributed by atoms with Crippen LogP contribution in [0.25, 0.3) is 22.0 Å². The van der Waals surface area contributed by atoms with E-state index in [2.05, 4.69) is 4.98 Å². The summed E-state index contributed by atoms with van der Waals surface area (Å²) < 4.78 is 0. The van der Waals surface area contributed by atoms with Crippen molar-refractivity contribution in [2.24, 2.45) is 0 Å². The van der Waals surface area contributed by atoms with Crippen LogP contribution in [0.15, 0.2) is 66.4 Å². The van der Waals surface area contributed by atoms with Crippen molar-refractivity contribution < 1.29 is 19.6 Å². The predicted molar refractivity (Wildman–Crippen MR) is 139 cm³/mol. The number of fused-ring (bicyclic) bond motifs is 1. The second-order valence-corrected chi connectivity index (χ2v) is 8.75.